The highest BCUT2D eigenvalue weighted by molar-refractivity contribution is 8.18. The molecule has 0 unspecified atom stereocenters. The number of halogens is 3. The van der Waals surface area contributed by atoms with Crippen LogP contribution < -0.4 is 0 Å². The summed E-state index contributed by atoms with van der Waals surface area (Å²) in [7, 11) is 0. The first-order valence-corrected chi connectivity index (χ1v) is 18.1. The molecule has 5 aliphatic rings. The number of pyridine rings is 1. The van der Waals surface area contributed by atoms with Gasteiger partial charge in [0.2, 0.25) is 12.3 Å². The third kappa shape index (κ3) is 5.22. The number of carbonyl (C=O) groups is 3. The fourth-order valence-electron chi connectivity index (χ4n) is 8.05. The Morgan fingerprint density at radius 2 is 1.85 bits per heavy atom. The van der Waals surface area contributed by atoms with Crippen molar-refractivity contribution in [3.8, 4) is 0 Å². The standard InChI is InChI=1S/C35H39Cl2FN6O3S/c1-19(2)28-29(32(47)43-20(3)6-10-26(43)31(46)42-17-35(12-13-35)41(18-45)16-21(42)4)48-33-40-34(5,23-8-11-27(37)39-15-23)30(44(28)33)22-7-9-24(36)25(38)14-22/h7-9,11,14-15,18-21,26,30H,6,10,12-13,16-17H2,1-5H3/t20-,21+,26-,30-,34+/m1/s1. The number of hydrogen-bond donors (Lipinski definition) is 0. The molecule has 5 atom stereocenters. The van der Waals surface area contributed by atoms with E-state index in [-0.39, 0.29) is 40.4 Å². The van der Waals surface area contributed by atoms with Crippen LogP contribution in [0.15, 0.2) is 52.1 Å². The summed E-state index contributed by atoms with van der Waals surface area (Å²) in [6.45, 7) is 11.0. The number of piperazine rings is 1. The largest absolute Gasteiger partial charge is 0.336 e. The van der Waals surface area contributed by atoms with Crippen LogP contribution in [0.5, 0.6) is 0 Å². The lowest BCUT2D eigenvalue weighted by molar-refractivity contribution is -0.149. The van der Waals surface area contributed by atoms with Crippen LogP contribution >= 0.6 is 35.0 Å². The van der Waals surface area contributed by atoms with Crippen LogP contribution in [0.3, 0.4) is 0 Å². The molecular formula is C35H39Cl2FN6O3S. The average molecular weight is 714 g/mol. The highest BCUT2D eigenvalue weighted by Gasteiger charge is 2.57. The molecule has 0 radical (unpaired) electrons. The maximum absolute atomic E-state index is 15.0. The zero-order chi connectivity index (χ0) is 34.3. The zero-order valence-corrected chi connectivity index (χ0v) is 29.9. The molecule has 1 aliphatic carbocycles. The van der Waals surface area contributed by atoms with E-state index in [1.807, 2.05) is 50.5 Å². The van der Waals surface area contributed by atoms with Crippen molar-refractivity contribution in [3.05, 3.63) is 74.3 Å². The van der Waals surface area contributed by atoms with Crippen molar-refractivity contribution in [1.82, 2.24) is 24.6 Å². The van der Waals surface area contributed by atoms with E-state index in [1.54, 1.807) is 29.3 Å². The second-order valence-corrected chi connectivity index (χ2v) is 16.1. The summed E-state index contributed by atoms with van der Waals surface area (Å²) < 4.78 is 15.0. The van der Waals surface area contributed by atoms with Crippen molar-refractivity contribution in [1.29, 1.82) is 0 Å². The molecule has 1 saturated carbocycles. The quantitative estimate of drug-likeness (QED) is 0.256. The summed E-state index contributed by atoms with van der Waals surface area (Å²) in [5, 5.41) is 1.000. The Labute approximate surface area is 294 Å². The molecule has 1 spiro atoms. The number of nitrogens with zero attached hydrogens (tertiary/aromatic N) is 6. The van der Waals surface area contributed by atoms with Crippen LogP contribution in [0, 0.1) is 11.7 Å². The molecule has 2 saturated heterocycles. The van der Waals surface area contributed by atoms with Gasteiger partial charge in [-0.1, -0.05) is 49.2 Å². The number of allylic oxidation sites excluding steroid dienone is 1. The number of aromatic nitrogens is 1. The van der Waals surface area contributed by atoms with E-state index >= 15 is 4.39 Å². The second-order valence-electron chi connectivity index (χ2n) is 14.3. The molecule has 1 aromatic heterocycles. The van der Waals surface area contributed by atoms with E-state index in [9.17, 15) is 14.4 Å². The van der Waals surface area contributed by atoms with Crippen LogP contribution in [0.1, 0.15) is 77.5 Å². The fraction of sp³-hybridized carbons (Fsp3) is 0.514. The monoisotopic (exact) mass is 712 g/mol. The number of fused-ring (bicyclic) bond motifs is 1. The minimum Gasteiger partial charge on any atom is -0.336 e. The van der Waals surface area contributed by atoms with Gasteiger partial charge in [0.15, 0.2) is 5.17 Å². The van der Waals surface area contributed by atoms with Gasteiger partial charge in [-0.15, -0.1) is 0 Å². The molecule has 7 rings (SSSR count). The van der Waals surface area contributed by atoms with Gasteiger partial charge in [-0.25, -0.2) is 14.4 Å². The molecule has 13 heteroatoms. The van der Waals surface area contributed by atoms with E-state index in [0.29, 0.717) is 46.7 Å². The van der Waals surface area contributed by atoms with E-state index < -0.39 is 23.4 Å². The Bertz CT molecular complexity index is 1750. The first kappa shape index (κ1) is 33.4. The molecule has 254 valence electrons. The lowest BCUT2D eigenvalue weighted by Crippen LogP contribution is -2.63. The third-order valence-corrected chi connectivity index (χ3v) is 12.4. The van der Waals surface area contributed by atoms with Gasteiger partial charge >= 0.3 is 0 Å². The Morgan fingerprint density at radius 1 is 1.10 bits per heavy atom. The minimum absolute atomic E-state index is 0.0206. The molecule has 4 aliphatic heterocycles. The van der Waals surface area contributed by atoms with Crippen LogP contribution in [0.25, 0.3) is 0 Å². The number of amides is 3. The predicted octanol–water partition coefficient (Wildman–Crippen LogP) is 6.37. The van der Waals surface area contributed by atoms with Crippen molar-refractivity contribution in [2.24, 2.45) is 10.9 Å². The lowest BCUT2D eigenvalue weighted by atomic mass is 9.81. The number of thioether (sulfide) groups is 1. The zero-order valence-electron chi connectivity index (χ0n) is 27.6. The Hall–Kier alpha value is -3.15. The topological polar surface area (TPSA) is 89.4 Å². The first-order chi connectivity index (χ1) is 22.8. The summed E-state index contributed by atoms with van der Waals surface area (Å²) >= 11 is 13.6. The predicted molar refractivity (Wildman–Crippen MR) is 185 cm³/mol. The van der Waals surface area contributed by atoms with Gasteiger partial charge in [-0.3, -0.25) is 14.4 Å². The van der Waals surface area contributed by atoms with Gasteiger partial charge in [0.05, 0.1) is 16.6 Å². The SMILES string of the molecule is CC(C)C1=C(C(=O)N2[C@H](C)CC[C@@H]2C(=O)N2CC3(CC3)N(C=O)C[C@@H]2C)SC2=N[C@@](C)(c3ccc(Cl)nc3)[C@@H](c3ccc(Cl)c(F)c3)N21. The van der Waals surface area contributed by atoms with Crippen molar-refractivity contribution in [2.45, 2.75) is 95.5 Å². The van der Waals surface area contributed by atoms with Crippen molar-refractivity contribution in [2.75, 3.05) is 13.1 Å². The summed E-state index contributed by atoms with van der Waals surface area (Å²) in [4.78, 5) is 58.5. The molecule has 0 bridgehead atoms. The van der Waals surface area contributed by atoms with E-state index in [4.69, 9.17) is 28.2 Å². The smallest absolute Gasteiger partial charge is 0.263 e. The normalized spacial score (nSPS) is 29.2. The van der Waals surface area contributed by atoms with Crippen LogP contribution in [0.2, 0.25) is 10.2 Å². The molecule has 48 heavy (non-hydrogen) atoms. The highest BCUT2D eigenvalue weighted by atomic mass is 35.5. The summed E-state index contributed by atoms with van der Waals surface area (Å²) in [5.41, 5.74) is 1.06. The van der Waals surface area contributed by atoms with Gasteiger partial charge < -0.3 is 19.6 Å². The number of amidine groups is 1. The molecule has 2 aromatic rings. The molecule has 9 nitrogen and oxygen atoms in total. The summed E-state index contributed by atoms with van der Waals surface area (Å²) in [5.74, 6) is -0.893. The van der Waals surface area contributed by atoms with Gasteiger partial charge in [0.1, 0.15) is 27.5 Å². The van der Waals surface area contributed by atoms with Crippen molar-refractivity contribution >= 4 is 58.4 Å². The van der Waals surface area contributed by atoms with Crippen molar-refractivity contribution in [3.63, 3.8) is 0 Å². The highest BCUT2D eigenvalue weighted by Crippen LogP contribution is 2.56. The maximum Gasteiger partial charge on any atom is 0.263 e. The Balaban J connectivity index is 1.26. The van der Waals surface area contributed by atoms with Gasteiger partial charge in [-0.05, 0) is 87.9 Å². The Kier molecular flexibility index (Phi) is 8.35. The van der Waals surface area contributed by atoms with E-state index in [0.717, 1.165) is 30.5 Å². The molecule has 0 N–H and O–H groups in total. The summed E-state index contributed by atoms with van der Waals surface area (Å²) in [6.07, 6.45) is 5.65. The number of hydrogen-bond acceptors (Lipinski definition) is 7. The lowest BCUT2D eigenvalue weighted by Gasteiger charge is -2.46. The third-order valence-electron chi connectivity index (χ3n) is 10.8. The molecule has 1 aromatic carbocycles. The maximum atomic E-state index is 15.0. The van der Waals surface area contributed by atoms with Crippen LogP contribution in [-0.2, 0) is 19.9 Å². The molecular weight excluding hydrogens is 674 g/mol. The van der Waals surface area contributed by atoms with Crippen molar-refractivity contribution < 1.29 is 18.8 Å². The minimum atomic E-state index is -0.896. The van der Waals surface area contributed by atoms with Gasteiger partial charge in [0, 0.05) is 42.6 Å². The average Bonchev–Trinajstić information content (AvgIpc) is 3.42. The number of likely N-dealkylation sites (tertiary alicyclic amines) is 1. The van der Waals surface area contributed by atoms with Gasteiger partial charge in [0.25, 0.3) is 5.91 Å². The first-order valence-electron chi connectivity index (χ1n) is 16.5. The number of benzene rings is 1. The molecule has 3 fully saturated rings. The fourth-order valence-corrected chi connectivity index (χ4v) is 9.63. The summed E-state index contributed by atoms with van der Waals surface area (Å²) in [6, 6.07) is 6.96. The number of carbonyl (C=O) groups excluding carboxylic acids is 3. The van der Waals surface area contributed by atoms with Gasteiger partial charge in [-0.2, -0.15) is 0 Å². The molecule has 5 heterocycles. The Morgan fingerprint density at radius 3 is 2.48 bits per heavy atom. The van der Waals surface area contributed by atoms with E-state index in [1.165, 1.54) is 17.8 Å². The van der Waals surface area contributed by atoms with Crippen LogP contribution in [-0.4, -0.2) is 84.7 Å². The number of aliphatic imine (C=N–C) groups is 1. The van der Waals surface area contributed by atoms with E-state index in [2.05, 4.69) is 9.88 Å². The number of rotatable bonds is 6. The van der Waals surface area contributed by atoms with Crippen LogP contribution in [0.4, 0.5) is 4.39 Å². The second kappa shape index (κ2) is 12.0. The molecule has 3 amide bonds.